The highest BCUT2D eigenvalue weighted by atomic mass is 16.5. The predicted octanol–water partition coefficient (Wildman–Crippen LogP) is 1.96. The number of hydrogen-bond acceptors (Lipinski definition) is 4. The molecular formula is C17H22N4O2. The van der Waals surface area contributed by atoms with Crippen LogP contribution < -0.4 is 0 Å². The second kappa shape index (κ2) is 6.91. The van der Waals surface area contributed by atoms with Gasteiger partial charge in [0, 0.05) is 26.1 Å². The molecule has 1 aliphatic rings. The SMILES string of the molecule is CCO[C@@H](C(=O)N1CCn2c(CC)nnc2C1)c1ccccc1. The molecule has 0 aliphatic carbocycles. The van der Waals surface area contributed by atoms with Gasteiger partial charge in [0.05, 0.1) is 6.54 Å². The average Bonchev–Trinajstić information content (AvgIpc) is 3.02. The van der Waals surface area contributed by atoms with Gasteiger partial charge < -0.3 is 14.2 Å². The van der Waals surface area contributed by atoms with Crippen molar-refractivity contribution in [1.29, 1.82) is 0 Å². The molecule has 0 bridgehead atoms. The van der Waals surface area contributed by atoms with E-state index in [1.54, 1.807) is 0 Å². The largest absolute Gasteiger partial charge is 0.364 e. The Morgan fingerprint density at radius 3 is 2.70 bits per heavy atom. The number of aryl methyl sites for hydroxylation is 1. The molecule has 0 radical (unpaired) electrons. The Labute approximate surface area is 136 Å². The van der Waals surface area contributed by atoms with E-state index >= 15 is 0 Å². The smallest absolute Gasteiger partial charge is 0.256 e. The number of carbonyl (C=O) groups is 1. The molecule has 6 heteroatoms. The minimum absolute atomic E-state index is 0.00894. The third-order valence-corrected chi connectivity index (χ3v) is 4.12. The summed E-state index contributed by atoms with van der Waals surface area (Å²) in [7, 11) is 0. The monoisotopic (exact) mass is 314 g/mol. The highest BCUT2D eigenvalue weighted by molar-refractivity contribution is 5.82. The van der Waals surface area contributed by atoms with Gasteiger partial charge in [-0.2, -0.15) is 0 Å². The van der Waals surface area contributed by atoms with E-state index < -0.39 is 6.10 Å². The standard InChI is InChI=1S/C17H22N4O2/c1-3-14-18-19-15-12-20(10-11-21(14)15)17(22)16(23-4-2)13-8-6-5-7-9-13/h5-9,16H,3-4,10-12H2,1-2H3/t16-/m1/s1. The summed E-state index contributed by atoms with van der Waals surface area (Å²) in [6.45, 7) is 6.36. The molecule has 1 aromatic heterocycles. The van der Waals surface area contributed by atoms with E-state index in [9.17, 15) is 4.79 Å². The molecule has 3 rings (SSSR count). The van der Waals surface area contributed by atoms with Crippen LogP contribution in [0.5, 0.6) is 0 Å². The molecule has 6 nitrogen and oxygen atoms in total. The number of fused-ring (bicyclic) bond motifs is 1. The van der Waals surface area contributed by atoms with Crippen molar-refractivity contribution >= 4 is 5.91 Å². The number of ether oxygens (including phenoxy) is 1. The summed E-state index contributed by atoms with van der Waals surface area (Å²) >= 11 is 0. The van der Waals surface area contributed by atoms with Gasteiger partial charge in [0.15, 0.2) is 11.9 Å². The normalized spacial score (nSPS) is 15.3. The average molecular weight is 314 g/mol. The first-order valence-corrected chi connectivity index (χ1v) is 8.10. The van der Waals surface area contributed by atoms with E-state index in [0.717, 1.165) is 30.2 Å². The highest BCUT2D eigenvalue weighted by Crippen LogP contribution is 2.23. The number of hydrogen-bond donors (Lipinski definition) is 0. The number of amides is 1. The molecular weight excluding hydrogens is 292 g/mol. The van der Waals surface area contributed by atoms with Gasteiger partial charge in [0.25, 0.3) is 5.91 Å². The fourth-order valence-electron chi connectivity index (χ4n) is 2.94. The van der Waals surface area contributed by atoms with Crippen LogP contribution in [0.2, 0.25) is 0 Å². The Bertz CT molecular complexity index is 668. The van der Waals surface area contributed by atoms with E-state index in [0.29, 0.717) is 19.7 Å². The molecule has 1 atom stereocenters. The molecule has 1 amide bonds. The number of nitrogens with zero attached hydrogens (tertiary/aromatic N) is 4. The molecule has 0 unspecified atom stereocenters. The van der Waals surface area contributed by atoms with Gasteiger partial charge in [-0.1, -0.05) is 37.3 Å². The second-order valence-corrected chi connectivity index (χ2v) is 5.54. The summed E-state index contributed by atoms with van der Waals surface area (Å²) in [5, 5.41) is 8.41. The van der Waals surface area contributed by atoms with Gasteiger partial charge in [0.2, 0.25) is 0 Å². The van der Waals surface area contributed by atoms with Crippen molar-refractivity contribution in [1.82, 2.24) is 19.7 Å². The van der Waals surface area contributed by atoms with Gasteiger partial charge in [0.1, 0.15) is 5.82 Å². The maximum absolute atomic E-state index is 12.9. The van der Waals surface area contributed by atoms with E-state index in [-0.39, 0.29) is 5.91 Å². The van der Waals surface area contributed by atoms with Crippen molar-refractivity contribution in [3.05, 3.63) is 47.5 Å². The maximum Gasteiger partial charge on any atom is 0.256 e. The lowest BCUT2D eigenvalue weighted by Gasteiger charge is -2.31. The van der Waals surface area contributed by atoms with Crippen LogP contribution in [0.3, 0.4) is 0 Å². The Kier molecular flexibility index (Phi) is 4.71. The summed E-state index contributed by atoms with van der Waals surface area (Å²) < 4.78 is 7.84. The molecule has 0 spiro atoms. The predicted molar refractivity (Wildman–Crippen MR) is 85.6 cm³/mol. The highest BCUT2D eigenvalue weighted by Gasteiger charge is 2.30. The van der Waals surface area contributed by atoms with Crippen LogP contribution in [0.15, 0.2) is 30.3 Å². The van der Waals surface area contributed by atoms with E-state index in [2.05, 4.69) is 21.7 Å². The number of rotatable bonds is 5. The molecule has 1 aromatic carbocycles. The van der Waals surface area contributed by atoms with Crippen molar-refractivity contribution < 1.29 is 9.53 Å². The van der Waals surface area contributed by atoms with Crippen LogP contribution in [-0.4, -0.2) is 38.7 Å². The molecule has 122 valence electrons. The lowest BCUT2D eigenvalue weighted by atomic mass is 10.1. The fraction of sp³-hybridized carbons (Fsp3) is 0.471. The topological polar surface area (TPSA) is 60.2 Å². The molecule has 2 aromatic rings. The Morgan fingerprint density at radius 2 is 2.00 bits per heavy atom. The molecule has 0 saturated carbocycles. The molecule has 0 saturated heterocycles. The lowest BCUT2D eigenvalue weighted by molar-refractivity contribution is -0.145. The second-order valence-electron chi connectivity index (χ2n) is 5.54. The zero-order valence-corrected chi connectivity index (χ0v) is 13.6. The van der Waals surface area contributed by atoms with Crippen molar-refractivity contribution in [3.63, 3.8) is 0 Å². The maximum atomic E-state index is 12.9. The van der Waals surface area contributed by atoms with Crippen molar-refractivity contribution in [3.8, 4) is 0 Å². The minimum Gasteiger partial charge on any atom is -0.364 e. The summed E-state index contributed by atoms with van der Waals surface area (Å²) in [5.74, 6) is 1.83. The fourth-order valence-corrected chi connectivity index (χ4v) is 2.94. The van der Waals surface area contributed by atoms with Crippen LogP contribution >= 0.6 is 0 Å². The van der Waals surface area contributed by atoms with Gasteiger partial charge in [-0.05, 0) is 12.5 Å². The zero-order valence-electron chi connectivity index (χ0n) is 13.6. The first-order chi connectivity index (χ1) is 11.2. The quantitative estimate of drug-likeness (QED) is 0.846. The Morgan fingerprint density at radius 1 is 1.22 bits per heavy atom. The third kappa shape index (κ3) is 3.12. The first-order valence-electron chi connectivity index (χ1n) is 8.10. The van der Waals surface area contributed by atoms with Gasteiger partial charge in [-0.15, -0.1) is 10.2 Å². The van der Waals surface area contributed by atoms with Crippen molar-refractivity contribution in [2.24, 2.45) is 0 Å². The van der Waals surface area contributed by atoms with Gasteiger partial charge in [-0.3, -0.25) is 4.79 Å². The van der Waals surface area contributed by atoms with Crippen molar-refractivity contribution in [2.45, 2.75) is 39.5 Å². The molecule has 1 aliphatic heterocycles. The zero-order chi connectivity index (χ0) is 16.2. The van der Waals surface area contributed by atoms with Crippen LogP contribution in [0, 0.1) is 0 Å². The molecule has 0 N–H and O–H groups in total. The number of benzene rings is 1. The van der Waals surface area contributed by atoms with E-state index in [1.807, 2.05) is 42.2 Å². The van der Waals surface area contributed by atoms with E-state index in [1.165, 1.54) is 0 Å². The summed E-state index contributed by atoms with van der Waals surface area (Å²) in [5.41, 5.74) is 0.889. The van der Waals surface area contributed by atoms with Crippen LogP contribution in [0.25, 0.3) is 0 Å². The number of aromatic nitrogens is 3. The number of carbonyl (C=O) groups excluding carboxylic acids is 1. The molecule has 0 fully saturated rings. The summed E-state index contributed by atoms with van der Waals surface area (Å²) in [6.07, 6.45) is 0.299. The minimum atomic E-state index is -0.554. The Balaban J connectivity index is 1.79. The van der Waals surface area contributed by atoms with Crippen molar-refractivity contribution in [2.75, 3.05) is 13.2 Å². The van der Waals surface area contributed by atoms with Crippen LogP contribution in [0.1, 0.15) is 37.2 Å². The lowest BCUT2D eigenvalue weighted by Crippen LogP contribution is -2.41. The van der Waals surface area contributed by atoms with Gasteiger partial charge in [-0.25, -0.2) is 0 Å². The Hall–Kier alpha value is -2.21. The summed E-state index contributed by atoms with van der Waals surface area (Å²) in [4.78, 5) is 14.7. The first kappa shape index (κ1) is 15.7. The van der Waals surface area contributed by atoms with Crippen LogP contribution in [-0.2, 0) is 29.0 Å². The summed E-state index contributed by atoms with van der Waals surface area (Å²) in [6, 6.07) is 9.65. The van der Waals surface area contributed by atoms with Crippen LogP contribution in [0.4, 0.5) is 0 Å². The third-order valence-electron chi connectivity index (χ3n) is 4.12. The van der Waals surface area contributed by atoms with E-state index in [4.69, 9.17) is 4.74 Å². The molecule has 23 heavy (non-hydrogen) atoms. The van der Waals surface area contributed by atoms with Gasteiger partial charge >= 0.3 is 0 Å². The molecule has 2 heterocycles.